The van der Waals surface area contributed by atoms with E-state index in [1.807, 2.05) is 0 Å². The number of aromatic amines is 1. The summed E-state index contributed by atoms with van der Waals surface area (Å²) in [7, 11) is 0. The first-order chi connectivity index (χ1) is 29.9. The lowest BCUT2D eigenvalue weighted by atomic mass is 9.92. The molecule has 0 aliphatic heterocycles. The number of ketones is 2. The monoisotopic (exact) mass is 879 g/mol. The van der Waals surface area contributed by atoms with Crippen LogP contribution >= 0.6 is 0 Å². The van der Waals surface area contributed by atoms with Crippen LogP contribution in [0.1, 0.15) is 166 Å². The van der Waals surface area contributed by atoms with E-state index in [0.717, 1.165) is 44.9 Å². The van der Waals surface area contributed by atoms with E-state index in [0.29, 0.717) is 31.5 Å². The van der Waals surface area contributed by atoms with Gasteiger partial charge in [-0.1, -0.05) is 96.3 Å². The van der Waals surface area contributed by atoms with Crippen molar-refractivity contribution in [2.45, 2.75) is 173 Å². The Hall–Kier alpha value is -4.22. The van der Waals surface area contributed by atoms with E-state index in [-0.39, 0.29) is 95.5 Å². The van der Waals surface area contributed by atoms with Gasteiger partial charge >= 0.3 is 17.9 Å². The van der Waals surface area contributed by atoms with E-state index >= 15 is 0 Å². The van der Waals surface area contributed by atoms with Crippen LogP contribution in [0.25, 0.3) is 0 Å². The number of nitrogens with one attached hydrogen (secondary N) is 4. The predicted octanol–water partition coefficient (Wildman–Crippen LogP) is 6.25. The minimum absolute atomic E-state index is 0.0143. The van der Waals surface area contributed by atoms with Crippen LogP contribution in [-0.2, 0) is 49.5 Å². The first-order valence-corrected chi connectivity index (χ1v) is 23.0. The summed E-state index contributed by atoms with van der Waals surface area (Å²) in [6, 6.07) is -1.07. The second-order valence-corrected chi connectivity index (χ2v) is 16.3. The van der Waals surface area contributed by atoms with Gasteiger partial charge in [0.2, 0.25) is 11.8 Å². The molecule has 62 heavy (non-hydrogen) atoms. The summed E-state index contributed by atoms with van der Waals surface area (Å²) in [4.78, 5) is 89.7. The van der Waals surface area contributed by atoms with Gasteiger partial charge in [-0.3, -0.25) is 33.6 Å². The summed E-state index contributed by atoms with van der Waals surface area (Å²) in [6.07, 6.45) is 22.7. The number of unbranched alkanes of at least 4 members (excludes halogenated alkanes) is 16. The van der Waals surface area contributed by atoms with Crippen molar-refractivity contribution in [3.8, 4) is 0 Å². The highest BCUT2D eigenvalue weighted by Gasteiger charge is 2.25. The molecule has 0 aliphatic carbocycles. The van der Waals surface area contributed by atoms with Crippen molar-refractivity contribution in [3.05, 3.63) is 18.2 Å². The number of Topliss-reactive ketones (excluding diaryl/α,β-unsaturated/α-hetero) is 2. The molecule has 0 aliphatic rings. The maximum absolute atomic E-state index is 12.5. The summed E-state index contributed by atoms with van der Waals surface area (Å²) < 4.78 is 10.7. The fourth-order valence-corrected chi connectivity index (χ4v) is 7.03. The number of carbonyl (C=O) groups excluding carboxylic acids is 4. The number of aliphatic carboxylic acids is 3. The van der Waals surface area contributed by atoms with Crippen LogP contribution in [0.3, 0.4) is 0 Å². The predicted molar refractivity (Wildman–Crippen MR) is 232 cm³/mol. The number of amides is 2. The number of ether oxygens (including phenoxy) is 2. The number of hydrogen-bond acceptors (Lipinski definition) is 10. The Kier molecular flexibility index (Phi) is 33.6. The Bertz CT molecular complexity index is 1390. The molecule has 0 bridgehead atoms. The Balaban J connectivity index is 1.98. The number of rotatable bonds is 44. The van der Waals surface area contributed by atoms with Gasteiger partial charge in [0, 0.05) is 63.5 Å². The topological polar surface area (TPSA) is 275 Å². The van der Waals surface area contributed by atoms with Crippen molar-refractivity contribution < 1.29 is 58.4 Å². The van der Waals surface area contributed by atoms with E-state index in [1.165, 1.54) is 70.3 Å². The third-order valence-electron chi connectivity index (χ3n) is 10.8. The fourth-order valence-electron chi connectivity index (χ4n) is 7.03. The van der Waals surface area contributed by atoms with Crippen LogP contribution in [-0.4, -0.2) is 112 Å². The highest BCUT2D eigenvalue weighted by atomic mass is 16.5. The van der Waals surface area contributed by atoms with Gasteiger partial charge in [-0.25, -0.2) is 10.7 Å². The third-order valence-corrected chi connectivity index (χ3v) is 10.8. The van der Waals surface area contributed by atoms with E-state index in [1.54, 1.807) is 0 Å². The molecule has 17 nitrogen and oxygen atoms in total. The molecule has 3 atom stereocenters. The highest BCUT2D eigenvalue weighted by molar-refractivity contribution is 5.87. The molecule has 0 spiro atoms. The maximum Gasteiger partial charge on any atom is 0.306 e. The van der Waals surface area contributed by atoms with Gasteiger partial charge in [0.05, 0.1) is 44.0 Å². The number of carbonyl (C=O) groups is 7. The molecular formula is C45H76N5O12. The molecule has 0 unspecified atom stereocenters. The Morgan fingerprint density at radius 1 is 0.597 bits per heavy atom. The molecule has 17 heteroatoms. The van der Waals surface area contributed by atoms with Gasteiger partial charge in [-0.2, -0.15) is 0 Å². The lowest BCUT2D eigenvalue weighted by Crippen LogP contribution is -2.30. The average molecular weight is 879 g/mol. The minimum atomic E-state index is -1.09. The zero-order chi connectivity index (χ0) is 45.6. The highest BCUT2D eigenvalue weighted by Crippen LogP contribution is 2.18. The minimum Gasteiger partial charge on any atom is -0.481 e. The number of carboxylic acids is 3. The van der Waals surface area contributed by atoms with Crippen LogP contribution in [0.15, 0.2) is 12.5 Å². The normalized spacial score (nSPS) is 12.7. The van der Waals surface area contributed by atoms with Crippen LogP contribution in [0.5, 0.6) is 0 Å². The molecule has 1 radical (unpaired) electrons. The number of aromatic nitrogens is 2. The van der Waals surface area contributed by atoms with Gasteiger partial charge < -0.3 is 40.4 Å². The summed E-state index contributed by atoms with van der Waals surface area (Å²) in [6.45, 7) is 0.862. The summed E-state index contributed by atoms with van der Waals surface area (Å²) in [5.41, 5.74) is 8.65. The molecule has 0 aromatic carbocycles. The first kappa shape index (κ1) is 55.8. The number of nitrogens with zero attached hydrogens (tertiary/aromatic N) is 1. The first-order valence-electron chi connectivity index (χ1n) is 23.0. The van der Waals surface area contributed by atoms with Crippen molar-refractivity contribution in [2.24, 2.45) is 11.8 Å². The summed E-state index contributed by atoms with van der Waals surface area (Å²) >= 11 is 0. The molecule has 1 rings (SSSR count). The SMILES string of the molecule is [NH][C@@H](Cc1cnc[nH]1)C(=O)C[C@@H](CCCCNC(=O)COCCOCCNC(=O)CC[C@H](CC(=O)CCCCCCCCCCCCCCCCCCC(=O)O)C(=O)O)C(=O)O. The molecule has 1 aromatic rings. The molecule has 2 amide bonds. The van der Waals surface area contributed by atoms with E-state index in [4.69, 9.17) is 20.3 Å². The maximum atomic E-state index is 12.5. The fraction of sp³-hybridized carbons (Fsp3) is 0.778. The Morgan fingerprint density at radius 3 is 1.68 bits per heavy atom. The van der Waals surface area contributed by atoms with Gasteiger partial charge in [-0.15, -0.1) is 0 Å². The van der Waals surface area contributed by atoms with Crippen LogP contribution < -0.4 is 16.4 Å². The standard InChI is InChI=1S/C45H76N5O12/c46-39(31-37-32-47-34-50-37)40(52)30-35(44(57)58)19-17-18-24-48-42(54)33-62-28-27-61-26-25-49-41(53)23-22-36(45(59)60)29-38(51)20-15-13-11-9-7-5-3-1-2-4-6-8-10-12-14-16-21-43(55)56/h32,34-36,39,46H,1-31,33H2,(H,47,50)(H,48,54)(H,49,53)(H,55,56)(H,57,58)(H,59,60)/t35-,36-,39+/m1/s1. The lowest BCUT2D eigenvalue weighted by Gasteiger charge is -2.14. The summed E-state index contributed by atoms with van der Waals surface area (Å²) in [5, 5.41) is 33.1. The molecule has 0 saturated carbocycles. The average Bonchev–Trinajstić information content (AvgIpc) is 3.74. The van der Waals surface area contributed by atoms with E-state index in [2.05, 4.69) is 20.6 Å². The smallest absolute Gasteiger partial charge is 0.306 e. The Morgan fingerprint density at radius 2 is 1.13 bits per heavy atom. The van der Waals surface area contributed by atoms with Crippen molar-refractivity contribution in [3.63, 3.8) is 0 Å². The second-order valence-electron chi connectivity index (χ2n) is 16.3. The third kappa shape index (κ3) is 32.5. The van der Waals surface area contributed by atoms with Gasteiger partial charge in [-0.05, 0) is 32.1 Å². The zero-order valence-electron chi connectivity index (χ0n) is 37.0. The van der Waals surface area contributed by atoms with E-state index < -0.39 is 41.6 Å². The number of hydrogen-bond donors (Lipinski definition) is 6. The van der Waals surface area contributed by atoms with Crippen molar-refractivity contribution in [2.75, 3.05) is 39.5 Å². The lowest BCUT2D eigenvalue weighted by molar-refractivity contribution is -0.144. The number of carboxylic acid groups (broad SMARTS) is 3. The van der Waals surface area contributed by atoms with Crippen LogP contribution in [0.2, 0.25) is 0 Å². The van der Waals surface area contributed by atoms with E-state index in [9.17, 15) is 43.8 Å². The number of H-pyrrole nitrogens is 1. The van der Waals surface area contributed by atoms with Gasteiger partial charge in [0.1, 0.15) is 12.4 Å². The van der Waals surface area contributed by atoms with Crippen LogP contribution in [0, 0.1) is 11.8 Å². The molecule has 1 heterocycles. The van der Waals surface area contributed by atoms with Crippen LogP contribution in [0.4, 0.5) is 0 Å². The van der Waals surface area contributed by atoms with Crippen molar-refractivity contribution >= 4 is 41.3 Å². The largest absolute Gasteiger partial charge is 0.481 e. The number of imidazole rings is 1. The van der Waals surface area contributed by atoms with Crippen molar-refractivity contribution in [1.29, 1.82) is 0 Å². The molecule has 353 valence electrons. The molecule has 0 fully saturated rings. The van der Waals surface area contributed by atoms with Gasteiger partial charge in [0.15, 0.2) is 5.78 Å². The van der Waals surface area contributed by atoms with Gasteiger partial charge in [0.25, 0.3) is 0 Å². The molecular weight excluding hydrogens is 803 g/mol. The van der Waals surface area contributed by atoms with Crippen molar-refractivity contribution in [1.82, 2.24) is 26.3 Å². The Labute approximate surface area is 367 Å². The molecule has 0 saturated heterocycles. The molecule has 1 aromatic heterocycles. The molecule has 7 N–H and O–H groups in total. The second kappa shape index (κ2) is 37.3. The summed E-state index contributed by atoms with van der Waals surface area (Å²) in [5.74, 6) is -5.87. The zero-order valence-corrected chi connectivity index (χ0v) is 37.0. The quantitative estimate of drug-likeness (QED) is 0.0396.